The number of hydrogen-bond donors (Lipinski definition) is 2. The standard InChI is InChI=1S/C12H16N2O/c1-7-4-8(6-13)10-9(5-7)12(2,3)11(15)14-10/h4-5H,6,13H2,1-3H3,(H,14,15). The molecule has 1 aliphatic heterocycles. The molecule has 2 rings (SSSR count). The van der Waals surface area contributed by atoms with Crippen molar-refractivity contribution in [1.82, 2.24) is 0 Å². The Hall–Kier alpha value is -1.35. The molecule has 15 heavy (non-hydrogen) atoms. The highest BCUT2D eigenvalue weighted by molar-refractivity contribution is 6.06. The summed E-state index contributed by atoms with van der Waals surface area (Å²) in [5, 5.41) is 2.92. The average molecular weight is 204 g/mol. The Kier molecular flexibility index (Phi) is 2.08. The molecule has 3 nitrogen and oxygen atoms in total. The van der Waals surface area contributed by atoms with Crippen LogP contribution in [0.4, 0.5) is 5.69 Å². The van der Waals surface area contributed by atoms with E-state index < -0.39 is 5.41 Å². The molecule has 0 radical (unpaired) electrons. The Morgan fingerprint density at radius 1 is 1.40 bits per heavy atom. The molecule has 0 fully saturated rings. The molecule has 0 spiro atoms. The van der Waals surface area contributed by atoms with Gasteiger partial charge in [-0.1, -0.05) is 17.7 Å². The van der Waals surface area contributed by atoms with Crippen LogP contribution in [0.15, 0.2) is 12.1 Å². The number of nitrogens with two attached hydrogens (primary N) is 1. The summed E-state index contributed by atoms with van der Waals surface area (Å²) in [4.78, 5) is 11.8. The van der Waals surface area contributed by atoms with Gasteiger partial charge in [0.05, 0.1) is 5.41 Å². The first-order valence-corrected chi connectivity index (χ1v) is 5.12. The summed E-state index contributed by atoms with van der Waals surface area (Å²) in [7, 11) is 0. The van der Waals surface area contributed by atoms with Crippen LogP contribution in [0.5, 0.6) is 0 Å². The smallest absolute Gasteiger partial charge is 0.234 e. The quantitative estimate of drug-likeness (QED) is 0.731. The second-order valence-corrected chi connectivity index (χ2v) is 4.63. The second kappa shape index (κ2) is 3.07. The van der Waals surface area contributed by atoms with E-state index in [1.807, 2.05) is 26.8 Å². The molecule has 0 saturated carbocycles. The lowest BCUT2D eigenvalue weighted by molar-refractivity contribution is -0.119. The minimum atomic E-state index is -0.439. The summed E-state index contributed by atoms with van der Waals surface area (Å²) in [6, 6.07) is 4.09. The fourth-order valence-electron chi connectivity index (χ4n) is 2.06. The van der Waals surface area contributed by atoms with E-state index in [9.17, 15) is 4.79 Å². The Morgan fingerprint density at radius 2 is 2.07 bits per heavy atom. The number of rotatable bonds is 1. The molecule has 1 aromatic carbocycles. The Bertz CT molecular complexity index is 435. The molecule has 80 valence electrons. The van der Waals surface area contributed by atoms with Crippen molar-refractivity contribution in [3.05, 3.63) is 28.8 Å². The molecular weight excluding hydrogens is 188 g/mol. The highest BCUT2D eigenvalue weighted by Crippen LogP contribution is 2.39. The van der Waals surface area contributed by atoms with Crippen LogP contribution in [-0.4, -0.2) is 5.91 Å². The van der Waals surface area contributed by atoms with Gasteiger partial charge in [-0.3, -0.25) is 4.79 Å². The normalized spacial score (nSPS) is 17.5. The largest absolute Gasteiger partial charge is 0.326 e. The van der Waals surface area contributed by atoms with Crippen molar-refractivity contribution in [3.8, 4) is 0 Å². The van der Waals surface area contributed by atoms with Crippen molar-refractivity contribution in [2.24, 2.45) is 5.73 Å². The fraction of sp³-hybridized carbons (Fsp3) is 0.417. The number of anilines is 1. The third kappa shape index (κ3) is 1.35. The van der Waals surface area contributed by atoms with Crippen molar-refractivity contribution in [1.29, 1.82) is 0 Å². The molecule has 3 N–H and O–H groups in total. The number of carbonyl (C=O) groups is 1. The van der Waals surface area contributed by atoms with Gasteiger partial charge in [0.15, 0.2) is 0 Å². The molecule has 1 amide bonds. The molecule has 1 aromatic rings. The Balaban J connectivity index is 2.68. The van der Waals surface area contributed by atoms with Crippen LogP contribution in [0.3, 0.4) is 0 Å². The average Bonchev–Trinajstić information content (AvgIpc) is 2.39. The monoisotopic (exact) mass is 204 g/mol. The van der Waals surface area contributed by atoms with Gasteiger partial charge in [-0.15, -0.1) is 0 Å². The van der Waals surface area contributed by atoms with E-state index in [4.69, 9.17) is 5.73 Å². The molecule has 1 aliphatic rings. The third-order valence-corrected chi connectivity index (χ3v) is 3.06. The lowest BCUT2D eigenvalue weighted by Gasteiger charge is -2.16. The van der Waals surface area contributed by atoms with Crippen molar-refractivity contribution >= 4 is 11.6 Å². The van der Waals surface area contributed by atoms with Gasteiger partial charge in [-0.05, 0) is 31.9 Å². The Labute approximate surface area is 89.7 Å². The minimum absolute atomic E-state index is 0.0535. The molecule has 0 aromatic heterocycles. The van der Waals surface area contributed by atoms with Gasteiger partial charge in [0.1, 0.15) is 0 Å². The van der Waals surface area contributed by atoms with Crippen LogP contribution in [0.25, 0.3) is 0 Å². The number of aryl methyl sites for hydroxylation is 1. The lowest BCUT2D eigenvalue weighted by Crippen LogP contribution is -2.26. The van der Waals surface area contributed by atoms with Gasteiger partial charge >= 0.3 is 0 Å². The maximum Gasteiger partial charge on any atom is 0.234 e. The lowest BCUT2D eigenvalue weighted by atomic mass is 9.84. The van der Waals surface area contributed by atoms with E-state index in [1.165, 1.54) is 0 Å². The third-order valence-electron chi connectivity index (χ3n) is 3.06. The predicted molar refractivity (Wildman–Crippen MR) is 60.7 cm³/mol. The van der Waals surface area contributed by atoms with Gasteiger partial charge < -0.3 is 11.1 Å². The van der Waals surface area contributed by atoms with E-state index in [0.29, 0.717) is 6.54 Å². The van der Waals surface area contributed by atoms with Gasteiger partial charge in [-0.25, -0.2) is 0 Å². The van der Waals surface area contributed by atoms with Crippen molar-refractivity contribution < 1.29 is 4.79 Å². The summed E-state index contributed by atoms with van der Waals surface area (Å²) in [6.07, 6.45) is 0. The van der Waals surface area contributed by atoms with Gasteiger partial charge in [0.2, 0.25) is 5.91 Å². The van der Waals surface area contributed by atoms with Crippen LogP contribution < -0.4 is 11.1 Å². The van der Waals surface area contributed by atoms with Gasteiger partial charge in [0, 0.05) is 12.2 Å². The molecule has 0 unspecified atom stereocenters. The van der Waals surface area contributed by atoms with Crippen LogP contribution in [0.1, 0.15) is 30.5 Å². The van der Waals surface area contributed by atoms with Crippen LogP contribution in [0.2, 0.25) is 0 Å². The van der Waals surface area contributed by atoms with Crippen molar-refractivity contribution in [3.63, 3.8) is 0 Å². The van der Waals surface area contributed by atoms with Gasteiger partial charge in [-0.2, -0.15) is 0 Å². The molecular formula is C12H16N2O. The first-order valence-electron chi connectivity index (χ1n) is 5.12. The molecule has 0 saturated heterocycles. The van der Waals surface area contributed by atoms with Crippen molar-refractivity contribution in [2.45, 2.75) is 32.7 Å². The summed E-state index contributed by atoms with van der Waals surface area (Å²) < 4.78 is 0. The van der Waals surface area contributed by atoms with E-state index in [2.05, 4.69) is 11.4 Å². The number of nitrogens with one attached hydrogen (secondary N) is 1. The summed E-state index contributed by atoms with van der Waals surface area (Å²) in [5.41, 5.74) is 9.38. The number of carbonyl (C=O) groups excluding carboxylic acids is 1. The number of amides is 1. The van der Waals surface area contributed by atoms with Crippen LogP contribution >= 0.6 is 0 Å². The Morgan fingerprint density at radius 3 is 2.67 bits per heavy atom. The maximum atomic E-state index is 11.8. The summed E-state index contributed by atoms with van der Waals surface area (Å²) in [5.74, 6) is 0.0535. The minimum Gasteiger partial charge on any atom is -0.326 e. The van der Waals surface area contributed by atoms with E-state index in [0.717, 1.165) is 22.4 Å². The fourth-order valence-corrected chi connectivity index (χ4v) is 2.06. The molecule has 1 heterocycles. The van der Waals surface area contributed by atoms with E-state index in [-0.39, 0.29) is 5.91 Å². The maximum absolute atomic E-state index is 11.8. The van der Waals surface area contributed by atoms with Crippen LogP contribution in [-0.2, 0) is 16.8 Å². The zero-order chi connectivity index (χ0) is 11.2. The first-order chi connectivity index (χ1) is 6.96. The SMILES string of the molecule is Cc1cc(CN)c2c(c1)C(C)(C)C(=O)N2. The highest BCUT2D eigenvalue weighted by Gasteiger charge is 2.39. The van der Waals surface area contributed by atoms with Crippen molar-refractivity contribution in [2.75, 3.05) is 5.32 Å². The van der Waals surface area contributed by atoms with E-state index in [1.54, 1.807) is 0 Å². The summed E-state index contributed by atoms with van der Waals surface area (Å²) >= 11 is 0. The summed E-state index contributed by atoms with van der Waals surface area (Å²) in [6.45, 7) is 6.36. The number of benzene rings is 1. The van der Waals surface area contributed by atoms with Gasteiger partial charge in [0.25, 0.3) is 0 Å². The number of fused-ring (bicyclic) bond motifs is 1. The highest BCUT2D eigenvalue weighted by atomic mass is 16.2. The first kappa shape index (κ1) is 10.2. The molecule has 0 atom stereocenters. The molecule has 0 aliphatic carbocycles. The molecule has 3 heteroatoms. The number of hydrogen-bond acceptors (Lipinski definition) is 2. The predicted octanol–water partition coefficient (Wildman–Crippen LogP) is 1.68. The zero-order valence-electron chi connectivity index (χ0n) is 9.35. The second-order valence-electron chi connectivity index (χ2n) is 4.63. The van der Waals surface area contributed by atoms with E-state index >= 15 is 0 Å². The van der Waals surface area contributed by atoms with Crippen LogP contribution in [0, 0.1) is 6.92 Å². The molecule has 0 bridgehead atoms. The topological polar surface area (TPSA) is 55.1 Å². The zero-order valence-corrected chi connectivity index (χ0v) is 9.35.